The van der Waals surface area contributed by atoms with Crippen molar-refractivity contribution in [1.29, 1.82) is 0 Å². The molecule has 0 saturated heterocycles. The van der Waals surface area contributed by atoms with Crippen molar-refractivity contribution in [1.82, 2.24) is 9.88 Å². The van der Waals surface area contributed by atoms with Crippen LogP contribution in [0.4, 0.5) is 0 Å². The SMILES string of the molecule is C/C=C(/OC(C)=O)c1c(CCN(C)CC)c[nH]c1C. The average molecular weight is 264 g/mol. The molecule has 1 rings (SSSR count). The second kappa shape index (κ2) is 7.14. The molecule has 4 heteroatoms. The highest BCUT2D eigenvalue weighted by atomic mass is 16.5. The minimum Gasteiger partial charge on any atom is -0.426 e. The summed E-state index contributed by atoms with van der Waals surface area (Å²) in [6, 6.07) is 0. The molecule has 1 aromatic heterocycles. The van der Waals surface area contributed by atoms with E-state index < -0.39 is 0 Å². The molecule has 0 unspecified atom stereocenters. The number of rotatable bonds is 6. The third-order valence-corrected chi connectivity index (χ3v) is 3.22. The number of aromatic nitrogens is 1. The molecule has 4 nitrogen and oxygen atoms in total. The van der Waals surface area contributed by atoms with Crippen molar-refractivity contribution in [3.8, 4) is 0 Å². The summed E-state index contributed by atoms with van der Waals surface area (Å²) in [5.41, 5.74) is 3.23. The van der Waals surface area contributed by atoms with Gasteiger partial charge in [-0.1, -0.05) is 6.92 Å². The molecule has 0 saturated carbocycles. The lowest BCUT2D eigenvalue weighted by molar-refractivity contribution is -0.134. The van der Waals surface area contributed by atoms with Gasteiger partial charge in [-0.2, -0.15) is 0 Å². The number of nitrogens with zero attached hydrogens (tertiary/aromatic N) is 1. The van der Waals surface area contributed by atoms with Crippen LogP contribution in [0.3, 0.4) is 0 Å². The summed E-state index contributed by atoms with van der Waals surface area (Å²) in [6.45, 7) is 9.45. The van der Waals surface area contributed by atoms with E-state index in [0.29, 0.717) is 5.76 Å². The zero-order chi connectivity index (χ0) is 14.4. The Kier molecular flexibility index (Phi) is 5.83. The fourth-order valence-corrected chi connectivity index (χ4v) is 2.00. The first-order valence-corrected chi connectivity index (χ1v) is 6.70. The topological polar surface area (TPSA) is 45.3 Å². The molecule has 0 radical (unpaired) electrons. The first-order valence-electron chi connectivity index (χ1n) is 6.70. The van der Waals surface area contributed by atoms with Gasteiger partial charge >= 0.3 is 5.97 Å². The summed E-state index contributed by atoms with van der Waals surface area (Å²) in [7, 11) is 2.10. The largest absolute Gasteiger partial charge is 0.426 e. The number of allylic oxidation sites excluding steroid dienone is 1. The normalized spacial score (nSPS) is 12.0. The summed E-state index contributed by atoms with van der Waals surface area (Å²) >= 11 is 0. The molecule has 0 amide bonds. The first kappa shape index (κ1) is 15.5. The average Bonchev–Trinajstić information content (AvgIpc) is 2.74. The lowest BCUT2D eigenvalue weighted by Gasteiger charge is -2.14. The second-order valence-electron chi connectivity index (χ2n) is 4.71. The van der Waals surface area contributed by atoms with E-state index in [1.54, 1.807) is 0 Å². The van der Waals surface area contributed by atoms with Gasteiger partial charge in [0.15, 0.2) is 0 Å². The molecule has 1 aromatic rings. The van der Waals surface area contributed by atoms with Gasteiger partial charge in [0.1, 0.15) is 5.76 Å². The molecular weight excluding hydrogens is 240 g/mol. The van der Waals surface area contributed by atoms with Crippen LogP contribution in [0.1, 0.15) is 37.6 Å². The quantitative estimate of drug-likeness (QED) is 0.635. The fraction of sp³-hybridized carbons (Fsp3) is 0.533. The van der Waals surface area contributed by atoms with Crippen molar-refractivity contribution < 1.29 is 9.53 Å². The van der Waals surface area contributed by atoms with E-state index in [4.69, 9.17) is 4.74 Å². The molecule has 0 aromatic carbocycles. The smallest absolute Gasteiger partial charge is 0.308 e. The van der Waals surface area contributed by atoms with E-state index in [0.717, 1.165) is 30.8 Å². The Morgan fingerprint density at radius 3 is 2.74 bits per heavy atom. The Balaban J connectivity index is 2.93. The summed E-state index contributed by atoms with van der Waals surface area (Å²) in [5.74, 6) is 0.353. The van der Waals surface area contributed by atoms with Crippen molar-refractivity contribution in [3.63, 3.8) is 0 Å². The third kappa shape index (κ3) is 4.24. The number of carbonyl (C=O) groups excluding carboxylic acids is 1. The number of nitrogens with one attached hydrogen (secondary N) is 1. The molecule has 0 aliphatic heterocycles. The van der Waals surface area contributed by atoms with Gasteiger partial charge in [-0.05, 0) is 45.5 Å². The number of hydrogen-bond acceptors (Lipinski definition) is 3. The van der Waals surface area contributed by atoms with Crippen LogP contribution in [0.5, 0.6) is 0 Å². The maximum atomic E-state index is 11.2. The van der Waals surface area contributed by atoms with Crippen molar-refractivity contribution in [2.24, 2.45) is 0 Å². The Morgan fingerprint density at radius 2 is 2.21 bits per heavy atom. The predicted octanol–water partition coefficient (Wildman–Crippen LogP) is 2.74. The number of aryl methyl sites for hydroxylation is 1. The van der Waals surface area contributed by atoms with Crippen molar-refractivity contribution in [2.45, 2.75) is 34.1 Å². The van der Waals surface area contributed by atoms with Crippen LogP contribution in [0.2, 0.25) is 0 Å². The van der Waals surface area contributed by atoms with E-state index in [-0.39, 0.29) is 5.97 Å². The molecule has 1 heterocycles. The molecule has 106 valence electrons. The Hall–Kier alpha value is -1.55. The highest BCUT2D eigenvalue weighted by molar-refractivity contribution is 5.77. The van der Waals surface area contributed by atoms with E-state index in [2.05, 4.69) is 23.9 Å². The first-order chi connectivity index (χ1) is 8.99. The van der Waals surface area contributed by atoms with E-state index in [9.17, 15) is 4.79 Å². The summed E-state index contributed by atoms with van der Waals surface area (Å²) in [4.78, 5) is 16.6. The molecule has 0 fully saturated rings. The van der Waals surface area contributed by atoms with Crippen LogP contribution in [0, 0.1) is 6.92 Å². The number of aromatic amines is 1. The van der Waals surface area contributed by atoms with Gasteiger partial charge in [0, 0.05) is 30.9 Å². The Labute approximate surface area is 115 Å². The molecule has 0 bridgehead atoms. The maximum Gasteiger partial charge on any atom is 0.308 e. The number of ether oxygens (including phenoxy) is 1. The number of carbonyl (C=O) groups is 1. The molecule has 0 atom stereocenters. The number of H-pyrrole nitrogens is 1. The number of esters is 1. The van der Waals surface area contributed by atoms with E-state index >= 15 is 0 Å². The van der Waals surface area contributed by atoms with Crippen LogP contribution in [0.25, 0.3) is 5.76 Å². The van der Waals surface area contributed by atoms with Gasteiger partial charge in [0.2, 0.25) is 0 Å². The van der Waals surface area contributed by atoms with Crippen molar-refractivity contribution in [2.75, 3.05) is 20.1 Å². The van der Waals surface area contributed by atoms with Gasteiger partial charge in [0.25, 0.3) is 0 Å². The molecule has 0 aliphatic rings. The second-order valence-corrected chi connectivity index (χ2v) is 4.71. The molecule has 0 aliphatic carbocycles. The standard InChI is InChI=1S/C15H24N2O2/c1-6-14(19-12(4)18)15-11(3)16-10-13(15)8-9-17(5)7-2/h6,10,16H,7-9H2,1-5H3/b14-6+. The highest BCUT2D eigenvalue weighted by Gasteiger charge is 2.15. The van der Waals surface area contributed by atoms with Crippen molar-refractivity contribution >= 4 is 11.7 Å². The summed E-state index contributed by atoms with van der Waals surface area (Å²) in [6.07, 6.45) is 4.77. The lowest BCUT2D eigenvalue weighted by Crippen LogP contribution is -2.20. The van der Waals surface area contributed by atoms with Crippen LogP contribution >= 0.6 is 0 Å². The molecular formula is C15H24N2O2. The molecule has 19 heavy (non-hydrogen) atoms. The lowest BCUT2D eigenvalue weighted by atomic mass is 10.1. The van der Waals surface area contributed by atoms with Crippen LogP contribution in [-0.2, 0) is 16.0 Å². The van der Waals surface area contributed by atoms with Gasteiger partial charge in [0.05, 0.1) is 0 Å². The molecule has 1 N–H and O–H groups in total. The maximum absolute atomic E-state index is 11.2. The Bertz CT molecular complexity index is 461. The van der Waals surface area contributed by atoms with Crippen LogP contribution < -0.4 is 0 Å². The molecule has 0 spiro atoms. The van der Waals surface area contributed by atoms with Crippen molar-refractivity contribution in [3.05, 3.63) is 29.1 Å². The zero-order valence-corrected chi connectivity index (χ0v) is 12.5. The highest BCUT2D eigenvalue weighted by Crippen LogP contribution is 2.25. The zero-order valence-electron chi connectivity index (χ0n) is 12.5. The van der Waals surface area contributed by atoms with E-state index in [1.165, 1.54) is 12.5 Å². The van der Waals surface area contributed by atoms with Gasteiger partial charge in [-0.25, -0.2) is 0 Å². The predicted molar refractivity (Wildman–Crippen MR) is 77.8 cm³/mol. The van der Waals surface area contributed by atoms with Crippen LogP contribution in [-0.4, -0.2) is 36.0 Å². The minimum absolute atomic E-state index is 0.287. The van der Waals surface area contributed by atoms with Gasteiger partial charge in [-0.3, -0.25) is 4.79 Å². The Morgan fingerprint density at radius 1 is 1.53 bits per heavy atom. The monoisotopic (exact) mass is 264 g/mol. The summed E-state index contributed by atoms with van der Waals surface area (Å²) in [5, 5.41) is 0. The van der Waals surface area contributed by atoms with Gasteiger partial charge in [-0.15, -0.1) is 0 Å². The fourth-order valence-electron chi connectivity index (χ4n) is 2.00. The number of hydrogen-bond donors (Lipinski definition) is 1. The van der Waals surface area contributed by atoms with Gasteiger partial charge < -0.3 is 14.6 Å². The van der Waals surface area contributed by atoms with E-state index in [1.807, 2.05) is 26.1 Å². The number of likely N-dealkylation sites (N-methyl/N-ethyl adjacent to an activating group) is 1. The summed E-state index contributed by atoms with van der Waals surface area (Å²) < 4.78 is 5.29. The third-order valence-electron chi connectivity index (χ3n) is 3.22. The minimum atomic E-state index is -0.287. The van der Waals surface area contributed by atoms with Crippen LogP contribution in [0.15, 0.2) is 12.3 Å².